The summed E-state index contributed by atoms with van der Waals surface area (Å²) < 4.78 is 67.2. The van der Waals surface area contributed by atoms with Gasteiger partial charge in [0.25, 0.3) is 10.0 Å². The predicted molar refractivity (Wildman–Crippen MR) is 96.4 cm³/mol. The number of imidazole rings is 1. The number of aromatic amines is 1. The molecule has 0 aliphatic carbocycles. The van der Waals surface area contributed by atoms with Crippen molar-refractivity contribution in [2.24, 2.45) is 0 Å². The van der Waals surface area contributed by atoms with E-state index in [0.717, 1.165) is 12.1 Å². The van der Waals surface area contributed by atoms with E-state index >= 15 is 0 Å². The molecule has 0 bridgehead atoms. The molecule has 0 saturated heterocycles. The van der Waals surface area contributed by atoms with Crippen molar-refractivity contribution in [3.63, 3.8) is 0 Å². The molecule has 2 aromatic carbocycles. The van der Waals surface area contributed by atoms with E-state index in [-0.39, 0.29) is 22.1 Å². The molecular formula is C18H11F3N4O2S. The molecule has 2 aromatic heterocycles. The lowest BCUT2D eigenvalue weighted by Crippen LogP contribution is -2.14. The minimum atomic E-state index is -4.14. The minimum Gasteiger partial charge on any atom is -0.337 e. The van der Waals surface area contributed by atoms with E-state index in [1.54, 1.807) is 6.07 Å². The molecule has 6 nitrogen and oxygen atoms in total. The number of rotatable bonds is 4. The molecule has 0 radical (unpaired) electrons. The van der Waals surface area contributed by atoms with Gasteiger partial charge in [0.05, 0.1) is 21.6 Å². The largest absolute Gasteiger partial charge is 0.337 e. The summed E-state index contributed by atoms with van der Waals surface area (Å²) in [5.74, 6) is -2.27. The molecule has 0 aliphatic rings. The second kappa shape index (κ2) is 6.64. The standard InChI is InChI=1S/C18H11F3N4O2S/c19-10-4-6-13(12(20)8-10)25-28(26,27)11-5-7-14-16(9-11)24-18(23-14)15-2-1-3-17(21)22-15/h1-9,25H,(H,23,24). The van der Waals surface area contributed by atoms with Crippen molar-refractivity contribution in [3.05, 3.63) is 72.2 Å². The van der Waals surface area contributed by atoms with Crippen LogP contribution >= 0.6 is 0 Å². The summed E-state index contributed by atoms with van der Waals surface area (Å²) in [6.07, 6.45) is 0. The predicted octanol–water partition coefficient (Wildman–Crippen LogP) is 3.84. The molecule has 2 N–H and O–H groups in total. The minimum absolute atomic E-state index is 0.172. The highest BCUT2D eigenvalue weighted by molar-refractivity contribution is 7.92. The number of pyridine rings is 1. The van der Waals surface area contributed by atoms with Crippen LogP contribution in [0.4, 0.5) is 18.9 Å². The fourth-order valence-electron chi connectivity index (χ4n) is 2.59. The molecule has 0 unspecified atom stereocenters. The second-order valence-corrected chi connectivity index (χ2v) is 7.52. The smallest absolute Gasteiger partial charge is 0.262 e. The van der Waals surface area contributed by atoms with Crippen LogP contribution in [0.15, 0.2) is 59.5 Å². The normalized spacial score (nSPS) is 11.7. The summed E-state index contributed by atoms with van der Waals surface area (Å²) in [6, 6.07) is 10.8. The Labute approximate surface area is 157 Å². The van der Waals surface area contributed by atoms with Gasteiger partial charge in [-0.1, -0.05) is 6.07 Å². The first-order valence-electron chi connectivity index (χ1n) is 7.92. The third kappa shape index (κ3) is 3.41. The van der Waals surface area contributed by atoms with Gasteiger partial charge in [-0.3, -0.25) is 4.72 Å². The molecule has 0 aliphatic heterocycles. The van der Waals surface area contributed by atoms with E-state index in [1.807, 2.05) is 0 Å². The van der Waals surface area contributed by atoms with Crippen LogP contribution in [-0.4, -0.2) is 23.4 Å². The Bertz CT molecular complexity index is 1310. The van der Waals surface area contributed by atoms with Crippen molar-refractivity contribution in [2.45, 2.75) is 4.90 Å². The van der Waals surface area contributed by atoms with Crippen LogP contribution in [0.5, 0.6) is 0 Å². The molecule has 0 saturated carbocycles. The van der Waals surface area contributed by atoms with Gasteiger partial charge in [-0.15, -0.1) is 0 Å². The number of fused-ring (bicyclic) bond motifs is 1. The summed E-state index contributed by atoms with van der Waals surface area (Å²) in [4.78, 5) is 10.7. The van der Waals surface area contributed by atoms with E-state index < -0.39 is 27.6 Å². The molecule has 4 rings (SSSR count). The maximum Gasteiger partial charge on any atom is 0.262 e. The van der Waals surface area contributed by atoms with Crippen LogP contribution < -0.4 is 4.72 Å². The number of aromatic nitrogens is 3. The van der Waals surface area contributed by atoms with E-state index in [0.29, 0.717) is 17.1 Å². The van der Waals surface area contributed by atoms with Gasteiger partial charge in [0.1, 0.15) is 17.3 Å². The Kier molecular flexibility index (Phi) is 4.27. The Morgan fingerprint density at radius 2 is 1.75 bits per heavy atom. The van der Waals surface area contributed by atoms with Gasteiger partial charge in [-0.25, -0.2) is 27.2 Å². The lowest BCUT2D eigenvalue weighted by atomic mass is 10.3. The number of sulfonamides is 1. The monoisotopic (exact) mass is 404 g/mol. The van der Waals surface area contributed by atoms with Gasteiger partial charge in [0.2, 0.25) is 5.95 Å². The lowest BCUT2D eigenvalue weighted by Gasteiger charge is -2.09. The van der Waals surface area contributed by atoms with Gasteiger partial charge >= 0.3 is 0 Å². The quantitative estimate of drug-likeness (QED) is 0.506. The summed E-state index contributed by atoms with van der Waals surface area (Å²) in [7, 11) is -4.14. The molecule has 2 heterocycles. The highest BCUT2D eigenvalue weighted by Crippen LogP contribution is 2.24. The van der Waals surface area contributed by atoms with Crippen molar-refractivity contribution in [3.8, 4) is 11.5 Å². The van der Waals surface area contributed by atoms with Crippen LogP contribution in [0.25, 0.3) is 22.6 Å². The highest BCUT2D eigenvalue weighted by Gasteiger charge is 2.18. The number of benzene rings is 2. The Morgan fingerprint density at radius 1 is 0.929 bits per heavy atom. The van der Waals surface area contributed by atoms with Crippen LogP contribution in [0.1, 0.15) is 0 Å². The Hall–Kier alpha value is -3.40. The number of nitrogens with one attached hydrogen (secondary N) is 2. The van der Waals surface area contributed by atoms with Crippen LogP contribution in [0, 0.1) is 17.6 Å². The average molecular weight is 404 g/mol. The van der Waals surface area contributed by atoms with Gasteiger partial charge in [0, 0.05) is 6.07 Å². The number of halogens is 3. The maximum absolute atomic E-state index is 13.8. The number of hydrogen-bond acceptors (Lipinski definition) is 4. The topological polar surface area (TPSA) is 87.7 Å². The molecule has 4 aromatic rings. The molecule has 0 atom stereocenters. The Balaban J connectivity index is 1.70. The SMILES string of the molecule is O=S(=O)(Nc1ccc(F)cc1F)c1ccc2[nH]c(-c3cccc(F)n3)nc2c1. The second-order valence-electron chi connectivity index (χ2n) is 5.84. The van der Waals surface area contributed by atoms with Crippen LogP contribution in [-0.2, 0) is 10.0 Å². The molecule has 0 spiro atoms. The number of hydrogen-bond donors (Lipinski definition) is 2. The first-order valence-corrected chi connectivity index (χ1v) is 9.41. The van der Waals surface area contributed by atoms with Crippen LogP contribution in [0.3, 0.4) is 0 Å². The van der Waals surface area contributed by atoms with E-state index in [2.05, 4.69) is 19.7 Å². The van der Waals surface area contributed by atoms with Crippen molar-refractivity contribution in [2.75, 3.05) is 4.72 Å². The maximum atomic E-state index is 13.8. The number of anilines is 1. The highest BCUT2D eigenvalue weighted by atomic mass is 32.2. The zero-order chi connectivity index (χ0) is 19.9. The molecule has 28 heavy (non-hydrogen) atoms. The first-order chi connectivity index (χ1) is 13.3. The van der Waals surface area contributed by atoms with Gasteiger partial charge < -0.3 is 4.98 Å². The fourth-order valence-corrected chi connectivity index (χ4v) is 3.68. The zero-order valence-corrected chi connectivity index (χ0v) is 14.8. The van der Waals surface area contributed by atoms with Gasteiger partial charge in [-0.2, -0.15) is 4.39 Å². The van der Waals surface area contributed by atoms with Crippen molar-refractivity contribution >= 4 is 26.7 Å². The lowest BCUT2D eigenvalue weighted by molar-refractivity contribution is 0.583. The molecule has 0 fully saturated rings. The van der Waals surface area contributed by atoms with E-state index in [9.17, 15) is 21.6 Å². The van der Waals surface area contributed by atoms with E-state index in [1.165, 1.54) is 30.3 Å². The average Bonchev–Trinajstić information content (AvgIpc) is 3.07. The Morgan fingerprint density at radius 3 is 2.50 bits per heavy atom. The van der Waals surface area contributed by atoms with Gasteiger partial charge in [-0.05, 0) is 42.5 Å². The molecule has 142 valence electrons. The van der Waals surface area contributed by atoms with E-state index in [4.69, 9.17) is 0 Å². The number of H-pyrrole nitrogens is 1. The summed E-state index contributed by atoms with van der Waals surface area (Å²) in [5.41, 5.74) is 0.678. The zero-order valence-electron chi connectivity index (χ0n) is 13.9. The van der Waals surface area contributed by atoms with Crippen molar-refractivity contribution in [1.29, 1.82) is 0 Å². The fraction of sp³-hybridized carbons (Fsp3) is 0. The third-order valence-corrected chi connectivity index (χ3v) is 5.26. The third-order valence-electron chi connectivity index (χ3n) is 3.90. The summed E-state index contributed by atoms with van der Waals surface area (Å²) in [6.45, 7) is 0. The van der Waals surface area contributed by atoms with Crippen molar-refractivity contribution < 1.29 is 21.6 Å². The number of nitrogens with zero attached hydrogens (tertiary/aromatic N) is 2. The van der Waals surface area contributed by atoms with Crippen LogP contribution in [0.2, 0.25) is 0 Å². The first kappa shape index (κ1) is 18.0. The molecule has 10 heteroatoms. The summed E-state index contributed by atoms with van der Waals surface area (Å²) in [5, 5.41) is 0. The molecule has 0 amide bonds. The van der Waals surface area contributed by atoms with Gasteiger partial charge in [0.15, 0.2) is 5.82 Å². The summed E-state index contributed by atoms with van der Waals surface area (Å²) >= 11 is 0. The molecular weight excluding hydrogens is 393 g/mol. The van der Waals surface area contributed by atoms with Crippen molar-refractivity contribution in [1.82, 2.24) is 15.0 Å².